The van der Waals surface area contributed by atoms with Crippen molar-refractivity contribution in [3.05, 3.63) is 16.4 Å². The third kappa shape index (κ3) is 4.98. The minimum atomic E-state index is -1.00. The van der Waals surface area contributed by atoms with E-state index in [1.807, 2.05) is 0 Å². The highest BCUT2D eigenvalue weighted by Gasteiger charge is 2.21. The van der Waals surface area contributed by atoms with Gasteiger partial charge in [-0.3, -0.25) is 4.68 Å². The van der Waals surface area contributed by atoms with Crippen molar-refractivity contribution in [3.63, 3.8) is 0 Å². The molecule has 0 aliphatic heterocycles. The van der Waals surface area contributed by atoms with E-state index in [0.717, 1.165) is 16.8 Å². The average molecular weight is 361 g/mol. The fourth-order valence-corrected chi connectivity index (χ4v) is 3.14. The SMILES string of the molecule is C[Si](C)(C)CCOCOCc1nn(C2CCC2)cc1Br. The number of halogens is 1. The molecule has 1 aliphatic rings. The Labute approximate surface area is 131 Å². The van der Waals surface area contributed by atoms with Gasteiger partial charge in [-0.15, -0.1) is 0 Å². The largest absolute Gasteiger partial charge is 0.356 e. The molecule has 0 bridgehead atoms. The van der Waals surface area contributed by atoms with Crippen LogP contribution < -0.4 is 0 Å². The maximum Gasteiger partial charge on any atom is 0.147 e. The van der Waals surface area contributed by atoms with E-state index in [1.165, 1.54) is 25.3 Å². The van der Waals surface area contributed by atoms with E-state index in [2.05, 4.69) is 51.5 Å². The first-order valence-electron chi connectivity index (χ1n) is 7.35. The molecule has 6 heteroatoms. The predicted molar refractivity (Wildman–Crippen MR) is 86.6 cm³/mol. The summed E-state index contributed by atoms with van der Waals surface area (Å²) in [5.74, 6) is 0. The number of hydrogen-bond donors (Lipinski definition) is 0. The topological polar surface area (TPSA) is 36.3 Å². The number of aromatic nitrogens is 2. The first kappa shape index (κ1) is 16.2. The Morgan fingerprint density at radius 1 is 1.35 bits per heavy atom. The molecule has 1 aromatic heterocycles. The normalized spacial score (nSPS) is 16.4. The molecule has 0 saturated heterocycles. The second-order valence-corrected chi connectivity index (χ2v) is 13.1. The Morgan fingerprint density at radius 2 is 2.10 bits per heavy atom. The second-order valence-electron chi connectivity index (χ2n) is 6.67. The van der Waals surface area contributed by atoms with Crippen molar-refractivity contribution in [2.24, 2.45) is 0 Å². The molecule has 114 valence electrons. The first-order chi connectivity index (χ1) is 9.46. The summed E-state index contributed by atoms with van der Waals surface area (Å²) in [6.45, 7) is 8.71. The van der Waals surface area contributed by atoms with Gasteiger partial charge in [0.05, 0.1) is 17.1 Å². The Bertz CT molecular complexity index is 427. The molecule has 0 radical (unpaired) electrons. The maximum absolute atomic E-state index is 5.55. The highest BCUT2D eigenvalue weighted by atomic mass is 79.9. The van der Waals surface area contributed by atoms with E-state index in [-0.39, 0.29) is 0 Å². The molecule has 1 aliphatic carbocycles. The number of nitrogens with zero attached hydrogens (tertiary/aromatic N) is 2. The Balaban J connectivity index is 1.65. The first-order valence-corrected chi connectivity index (χ1v) is 11.8. The van der Waals surface area contributed by atoms with Gasteiger partial charge < -0.3 is 9.47 Å². The molecule has 20 heavy (non-hydrogen) atoms. The lowest BCUT2D eigenvalue weighted by molar-refractivity contribution is -0.0585. The Morgan fingerprint density at radius 3 is 2.70 bits per heavy atom. The van der Waals surface area contributed by atoms with E-state index in [1.54, 1.807) is 0 Å². The van der Waals surface area contributed by atoms with Crippen molar-refractivity contribution in [3.8, 4) is 0 Å². The molecule has 4 nitrogen and oxygen atoms in total. The van der Waals surface area contributed by atoms with Crippen molar-refractivity contribution in [2.75, 3.05) is 13.4 Å². The average Bonchev–Trinajstić information content (AvgIpc) is 2.61. The van der Waals surface area contributed by atoms with E-state index >= 15 is 0 Å². The summed E-state index contributed by atoms with van der Waals surface area (Å²) in [5.41, 5.74) is 0.964. The lowest BCUT2D eigenvalue weighted by Gasteiger charge is -2.25. The van der Waals surface area contributed by atoms with Gasteiger partial charge >= 0.3 is 0 Å². The zero-order chi connectivity index (χ0) is 14.6. The van der Waals surface area contributed by atoms with Gasteiger partial charge in [-0.1, -0.05) is 19.6 Å². The van der Waals surface area contributed by atoms with Gasteiger partial charge in [-0.05, 0) is 41.2 Å². The van der Waals surface area contributed by atoms with Crippen LogP contribution in [-0.2, 0) is 16.1 Å². The molecule has 1 fully saturated rings. The quantitative estimate of drug-likeness (QED) is 0.396. The van der Waals surface area contributed by atoms with Crippen molar-refractivity contribution >= 4 is 24.0 Å². The van der Waals surface area contributed by atoms with Crippen molar-refractivity contribution in [1.82, 2.24) is 9.78 Å². The van der Waals surface area contributed by atoms with Crippen LogP contribution in [0.5, 0.6) is 0 Å². The van der Waals surface area contributed by atoms with Crippen molar-refractivity contribution < 1.29 is 9.47 Å². The van der Waals surface area contributed by atoms with E-state index in [9.17, 15) is 0 Å². The fraction of sp³-hybridized carbons (Fsp3) is 0.786. The lowest BCUT2D eigenvalue weighted by Crippen LogP contribution is -2.22. The predicted octanol–water partition coefficient (Wildman–Crippen LogP) is 4.20. The fourth-order valence-electron chi connectivity index (χ4n) is 1.98. The molecule has 0 unspecified atom stereocenters. The summed E-state index contributed by atoms with van der Waals surface area (Å²) in [4.78, 5) is 0. The maximum atomic E-state index is 5.55. The molecule has 1 heterocycles. The van der Waals surface area contributed by atoms with E-state index in [4.69, 9.17) is 9.47 Å². The van der Waals surface area contributed by atoms with Gasteiger partial charge in [0.2, 0.25) is 0 Å². The van der Waals surface area contributed by atoms with Crippen LogP contribution in [0.25, 0.3) is 0 Å². The molecular formula is C14H25BrN2O2Si. The zero-order valence-electron chi connectivity index (χ0n) is 12.7. The third-order valence-corrected chi connectivity index (χ3v) is 5.97. The van der Waals surface area contributed by atoms with Crippen LogP contribution in [-0.4, -0.2) is 31.3 Å². The van der Waals surface area contributed by atoms with Gasteiger partial charge in [0, 0.05) is 20.9 Å². The van der Waals surface area contributed by atoms with Crippen LogP contribution in [0.4, 0.5) is 0 Å². The van der Waals surface area contributed by atoms with Crippen molar-refractivity contribution in [2.45, 2.75) is 57.6 Å². The summed E-state index contributed by atoms with van der Waals surface area (Å²) in [6.07, 6.45) is 5.87. The highest BCUT2D eigenvalue weighted by Crippen LogP contribution is 2.32. The van der Waals surface area contributed by atoms with Gasteiger partial charge in [0.15, 0.2) is 0 Å². The Hall–Kier alpha value is -0.173. The summed E-state index contributed by atoms with van der Waals surface area (Å²) < 4.78 is 14.2. The van der Waals surface area contributed by atoms with Gasteiger partial charge in [0.1, 0.15) is 12.5 Å². The number of ether oxygens (including phenoxy) is 2. The molecule has 1 aromatic rings. The minimum absolute atomic E-state index is 0.354. The van der Waals surface area contributed by atoms with E-state index in [0.29, 0.717) is 19.4 Å². The summed E-state index contributed by atoms with van der Waals surface area (Å²) in [7, 11) is -1.00. The highest BCUT2D eigenvalue weighted by molar-refractivity contribution is 9.10. The molecule has 2 rings (SSSR count). The van der Waals surface area contributed by atoms with Crippen LogP contribution >= 0.6 is 15.9 Å². The summed E-state index contributed by atoms with van der Waals surface area (Å²) in [6, 6.07) is 1.77. The molecule has 0 spiro atoms. The van der Waals surface area contributed by atoms with Crippen LogP contribution in [0.1, 0.15) is 31.0 Å². The van der Waals surface area contributed by atoms with Crippen LogP contribution in [0.2, 0.25) is 25.7 Å². The van der Waals surface area contributed by atoms with Crippen molar-refractivity contribution in [1.29, 1.82) is 0 Å². The Kier molecular flexibility index (Phi) is 5.83. The molecular weight excluding hydrogens is 336 g/mol. The van der Waals surface area contributed by atoms with E-state index < -0.39 is 8.07 Å². The molecule has 0 aromatic carbocycles. The third-order valence-electron chi connectivity index (χ3n) is 3.61. The van der Waals surface area contributed by atoms with Gasteiger partial charge in [0.25, 0.3) is 0 Å². The van der Waals surface area contributed by atoms with Gasteiger partial charge in [-0.2, -0.15) is 5.10 Å². The summed E-state index contributed by atoms with van der Waals surface area (Å²) in [5, 5.41) is 4.58. The van der Waals surface area contributed by atoms with Crippen LogP contribution in [0.15, 0.2) is 10.7 Å². The molecule has 0 atom stereocenters. The standard InChI is InChI=1S/C14H25BrN2O2Si/c1-20(2,3)8-7-18-11-19-10-14-13(15)9-17(16-14)12-5-4-6-12/h9,12H,4-8,10-11H2,1-3H3. The lowest BCUT2D eigenvalue weighted by atomic mass is 9.93. The number of hydrogen-bond acceptors (Lipinski definition) is 3. The van der Waals surface area contributed by atoms with Crippen LogP contribution in [0, 0.1) is 0 Å². The molecule has 0 N–H and O–H groups in total. The minimum Gasteiger partial charge on any atom is -0.356 e. The zero-order valence-corrected chi connectivity index (χ0v) is 15.3. The molecule has 0 amide bonds. The van der Waals surface area contributed by atoms with Crippen LogP contribution in [0.3, 0.4) is 0 Å². The smallest absolute Gasteiger partial charge is 0.147 e. The number of rotatable bonds is 8. The second kappa shape index (κ2) is 7.20. The molecule has 1 saturated carbocycles. The monoisotopic (exact) mass is 360 g/mol. The summed E-state index contributed by atoms with van der Waals surface area (Å²) >= 11 is 3.55. The van der Waals surface area contributed by atoms with Gasteiger partial charge in [-0.25, -0.2) is 0 Å².